The maximum absolute atomic E-state index is 4.62. The van der Waals surface area contributed by atoms with Crippen molar-refractivity contribution in [3.05, 3.63) is 27.4 Å². The molecule has 2 rings (SSSR count). The lowest BCUT2D eigenvalue weighted by atomic mass is 10.3. The third-order valence-corrected chi connectivity index (χ3v) is 3.98. The number of aromatic amines is 1. The molecule has 2 N–H and O–H groups in total. The lowest BCUT2D eigenvalue weighted by molar-refractivity contribution is 0.763. The molecular formula is C11H14BrN3S. The first-order chi connectivity index (χ1) is 7.70. The molecule has 0 bridgehead atoms. The Morgan fingerprint density at radius 3 is 2.94 bits per heavy atom. The molecule has 3 nitrogen and oxygen atoms in total. The minimum Gasteiger partial charge on any atom is -0.346 e. The third kappa shape index (κ3) is 2.53. The van der Waals surface area contributed by atoms with Gasteiger partial charge >= 0.3 is 0 Å². The zero-order valence-corrected chi connectivity index (χ0v) is 11.7. The van der Waals surface area contributed by atoms with Gasteiger partial charge in [0.2, 0.25) is 0 Å². The SMILES string of the molecule is CNCCc1nc(-c2ccc(Br)s2)c(C)[nH]1. The van der Waals surface area contributed by atoms with Crippen LogP contribution in [0.2, 0.25) is 0 Å². The van der Waals surface area contributed by atoms with E-state index in [1.807, 2.05) is 7.05 Å². The predicted octanol–water partition coefficient (Wildman–Crippen LogP) is 2.97. The smallest absolute Gasteiger partial charge is 0.108 e. The fourth-order valence-electron chi connectivity index (χ4n) is 1.57. The second-order valence-electron chi connectivity index (χ2n) is 3.61. The van der Waals surface area contributed by atoms with Crippen LogP contribution in [0, 0.1) is 6.92 Å². The van der Waals surface area contributed by atoms with E-state index < -0.39 is 0 Å². The fourth-order valence-corrected chi connectivity index (χ4v) is 3.00. The molecule has 16 heavy (non-hydrogen) atoms. The molecular weight excluding hydrogens is 286 g/mol. The molecule has 0 saturated carbocycles. The van der Waals surface area contributed by atoms with Gasteiger partial charge in [-0.15, -0.1) is 11.3 Å². The predicted molar refractivity (Wildman–Crippen MR) is 72.0 cm³/mol. The van der Waals surface area contributed by atoms with E-state index in [9.17, 15) is 0 Å². The van der Waals surface area contributed by atoms with Gasteiger partial charge in [-0.2, -0.15) is 0 Å². The first-order valence-electron chi connectivity index (χ1n) is 5.16. The monoisotopic (exact) mass is 299 g/mol. The van der Waals surface area contributed by atoms with Crippen molar-refractivity contribution in [1.29, 1.82) is 0 Å². The van der Waals surface area contributed by atoms with Crippen molar-refractivity contribution in [1.82, 2.24) is 15.3 Å². The van der Waals surface area contributed by atoms with Crippen LogP contribution >= 0.6 is 27.3 Å². The Morgan fingerprint density at radius 2 is 2.31 bits per heavy atom. The molecule has 2 aromatic rings. The van der Waals surface area contributed by atoms with Gasteiger partial charge in [0.15, 0.2) is 0 Å². The van der Waals surface area contributed by atoms with E-state index in [0.717, 1.165) is 34.0 Å². The molecule has 0 amide bonds. The number of halogens is 1. The number of hydrogen-bond acceptors (Lipinski definition) is 3. The van der Waals surface area contributed by atoms with E-state index in [0.29, 0.717) is 0 Å². The van der Waals surface area contributed by atoms with Crippen molar-refractivity contribution in [3.8, 4) is 10.6 Å². The van der Waals surface area contributed by atoms with Gasteiger partial charge < -0.3 is 10.3 Å². The summed E-state index contributed by atoms with van der Waals surface area (Å²) in [6.07, 6.45) is 0.934. The Bertz CT molecular complexity index is 475. The average Bonchev–Trinajstić information content (AvgIpc) is 2.82. The first-order valence-corrected chi connectivity index (χ1v) is 6.77. The maximum Gasteiger partial charge on any atom is 0.108 e. The number of imidazole rings is 1. The highest BCUT2D eigenvalue weighted by atomic mass is 79.9. The van der Waals surface area contributed by atoms with E-state index in [-0.39, 0.29) is 0 Å². The van der Waals surface area contributed by atoms with E-state index in [1.54, 1.807) is 11.3 Å². The summed E-state index contributed by atoms with van der Waals surface area (Å²) in [7, 11) is 1.95. The zero-order valence-electron chi connectivity index (χ0n) is 9.30. The average molecular weight is 300 g/mol. The molecule has 2 aromatic heterocycles. The number of nitrogens with one attached hydrogen (secondary N) is 2. The van der Waals surface area contributed by atoms with Crippen LogP contribution in [-0.2, 0) is 6.42 Å². The van der Waals surface area contributed by atoms with Crippen molar-refractivity contribution < 1.29 is 0 Å². The van der Waals surface area contributed by atoms with Crippen LogP contribution in [-0.4, -0.2) is 23.6 Å². The van der Waals surface area contributed by atoms with Crippen LogP contribution in [0.4, 0.5) is 0 Å². The largest absolute Gasteiger partial charge is 0.346 e. The summed E-state index contributed by atoms with van der Waals surface area (Å²) in [6, 6.07) is 4.15. The quantitative estimate of drug-likeness (QED) is 0.911. The highest BCUT2D eigenvalue weighted by Crippen LogP contribution is 2.31. The van der Waals surface area contributed by atoms with Crippen molar-refractivity contribution in [2.24, 2.45) is 0 Å². The molecule has 0 aliphatic heterocycles. The van der Waals surface area contributed by atoms with Crippen LogP contribution in [0.1, 0.15) is 11.5 Å². The van der Waals surface area contributed by atoms with Gasteiger partial charge in [-0.3, -0.25) is 0 Å². The summed E-state index contributed by atoms with van der Waals surface area (Å²) in [6.45, 7) is 3.01. The van der Waals surface area contributed by atoms with Crippen molar-refractivity contribution in [3.63, 3.8) is 0 Å². The molecule has 0 fully saturated rings. The molecule has 0 aliphatic rings. The highest BCUT2D eigenvalue weighted by Gasteiger charge is 2.10. The van der Waals surface area contributed by atoms with Crippen molar-refractivity contribution >= 4 is 27.3 Å². The summed E-state index contributed by atoms with van der Waals surface area (Å²) >= 11 is 5.18. The molecule has 0 radical (unpaired) electrons. The number of thiophene rings is 1. The molecule has 0 spiro atoms. The minimum atomic E-state index is 0.934. The Morgan fingerprint density at radius 1 is 1.50 bits per heavy atom. The van der Waals surface area contributed by atoms with Crippen LogP contribution in [0.25, 0.3) is 10.6 Å². The Kier molecular flexibility index (Phi) is 3.78. The van der Waals surface area contributed by atoms with Crippen LogP contribution in [0.5, 0.6) is 0 Å². The van der Waals surface area contributed by atoms with Gasteiger partial charge in [0.25, 0.3) is 0 Å². The lowest BCUT2D eigenvalue weighted by Crippen LogP contribution is -2.11. The van der Waals surface area contributed by atoms with Crippen molar-refractivity contribution in [2.45, 2.75) is 13.3 Å². The van der Waals surface area contributed by atoms with Crippen LogP contribution < -0.4 is 5.32 Å². The van der Waals surface area contributed by atoms with E-state index in [4.69, 9.17) is 0 Å². The van der Waals surface area contributed by atoms with Crippen molar-refractivity contribution in [2.75, 3.05) is 13.6 Å². The van der Waals surface area contributed by atoms with Crippen LogP contribution in [0.3, 0.4) is 0 Å². The Hall–Kier alpha value is -0.650. The molecule has 0 aromatic carbocycles. The normalized spacial score (nSPS) is 10.9. The Balaban J connectivity index is 2.24. The molecule has 0 aliphatic carbocycles. The minimum absolute atomic E-state index is 0.934. The second-order valence-corrected chi connectivity index (χ2v) is 6.08. The number of aryl methyl sites for hydroxylation is 1. The van der Waals surface area contributed by atoms with Gasteiger partial charge in [-0.25, -0.2) is 4.98 Å². The molecule has 0 unspecified atom stereocenters. The summed E-state index contributed by atoms with van der Waals surface area (Å²) < 4.78 is 1.14. The summed E-state index contributed by atoms with van der Waals surface area (Å²) in [5.74, 6) is 1.05. The number of nitrogens with zero attached hydrogens (tertiary/aromatic N) is 1. The van der Waals surface area contributed by atoms with Gasteiger partial charge in [-0.05, 0) is 42.0 Å². The molecule has 5 heteroatoms. The zero-order chi connectivity index (χ0) is 11.5. The fraction of sp³-hybridized carbons (Fsp3) is 0.364. The van der Waals surface area contributed by atoms with E-state index >= 15 is 0 Å². The topological polar surface area (TPSA) is 40.7 Å². The first kappa shape index (κ1) is 11.8. The number of likely N-dealkylation sites (N-methyl/N-ethyl adjacent to an activating group) is 1. The summed E-state index contributed by atoms with van der Waals surface area (Å²) in [5.41, 5.74) is 2.21. The lowest BCUT2D eigenvalue weighted by Gasteiger charge is -1.93. The van der Waals surface area contributed by atoms with Gasteiger partial charge in [0.05, 0.1) is 8.66 Å². The van der Waals surface area contributed by atoms with Gasteiger partial charge in [-0.1, -0.05) is 0 Å². The molecule has 0 atom stereocenters. The maximum atomic E-state index is 4.62. The summed E-state index contributed by atoms with van der Waals surface area (Å²) in [4.78, 5) is 9.16. The standard InChI is InChI=1S/C11H14BrN3S/c1-7-11(8-3-4-9(12)16-8)15-10(14-7)5-6-13-2/h3-4,13H,5-6H2,1-2H3,(H,14,15). The molecule has 86 valence electrons. The molecule has 0 saturated heterocycles. The van der Waals surface area contributed by atoms with Gasteiger partial charge in [0.1, 0.15) is 11.5 Å². The number of H-pyrrole nitrogens is 1. The number of rotatable bonds is 4. The highest BCUT2D eigenvalue weighted by molar-refractivity contribution is 9.11. The molecule has 2 heterocycles. The van der Waals surface area contributed by atoms with Crippen LogP contribution in [0.15, 0.2) is 15.9 Å². The van der Waals surface area contributed by atoms with E-state index in [2.05, 4.69) is 50.3 Å². The number of hydrogen-bond donors (Lipinski definition) is 2. The second kappa shape index (κ2) is 5.12. The van der Waals surface area contributed by atoms with E-state index in [1.165, 1.54) is 4.88 Å². The third-order valence-electron chi connectivity index (χ3n) is 2.35. The summed E-state index contributed by atoms with van der Waals surface area (Å²) in [5, 5.41) is 3.12. The Labute approximate surface area is 107 Å². The number of aromatic nitrogens is 2. The van der Waals surface area contributed by atoms with Gasteiger partial charge in [0, 0.05) is 18.7 Å².